The summed E-state index contributed by atoms with van der Waals surface area (Å²) in [6.07, 6.45) is 1.11. The normalized spacial score (nSPS) is 18.9. The molecule has 1 aliphatic rings. The molecule has 1 aliphatic heterocycles. The third-order valence-corrected chi connectivity index (χ3v) is 4.19. The number of hydrogen-bond donors (Lipinski definition) is 0. The fourth-order valence-electron chi connectivity index (χ4n) is 2.51. The van der Waals surface area contributed by atoms with Crippen molar-refractivity contribution in [2.75, 3.05) is 19.8 Å². The summed E-state index contributed by atoms with van der Waals surface area (Å²) in [7, 11) is 0. The van der Waals surface area contributed by atoms with E-state index < -0.39 is 0 Å². The van der Waals surface area contributed by atoms with Gasteiger partial charge in [-0.2, -0.15) is 0 Å². The molecule has 0 bridgehead atoms. The maximum atomic E-state index is 6.01. The Bertz CT molecular complexity index is 562. The molecule has 0 aliphatic carbocycles. The molecular formula is C16H17BrO2. The molecule has 1 atom stereocenters. The summed E-state index contributed by atoms with van der Waals surface area (Å²) in [5.74, 6) is 1.53. The molecule has 1 fully saturated rings. The predicted molar refractivity (Wildman–Crippen MR) is 81.0 cm³/mol. The van der Waals surface area contributed by atoms with Gasteiger partial charge < -0.3 is 9.47 Å². The second-order valence-corrected chi connectivity index (χ2v) is 5.50. The van der Waals surface area contributed by atoms with Crippen molar-refractivity contribution >= 4 is 26.7 Å². The molecular weight excluding hydrogens is 304 g/mol. The summed E-state index contributed by atoms with van der Waals surface area (Å²) >= 11 is 3.58. The first kappa shape index (κ1) is 12.9. The van der Waals surface area contributed by atoms with Gasteiger partial charge in [0.1, 0.15) is 5.75 Å². The summed E-state index contributed by atoms with van der Waals surface area (Å²) < 4.78 is 11.4. The van der Waals surface area contributed by atoms with Gasteiger partial charge in [0, 0.05) is 23.4 Å². The number of rotatable bonds is 4. The summed E-state index contributed by atoms with van der Waals surface area (Å²) in [5.41, 5.74) is 1.23. The standard InChI is InChI=1S/C16H17BrO2/c17-9-15-14-4-2-1-3-13(14)5-6-16(15)19-11-12-7-8-18-10-12/h1-6,12H,7-11H2. The van der Waals surface area contributed by atoms with Gasteiger partial charge in [0.15, 0.2) is 0 Å². The Morgan fingerprint density at radius 3 is 2.89 bits per heavy atom. The largest absolute Gasteiger partial charge is 0.493 e. The average Bonchev–Trinajstić information content (AvgIpc) is 2.97. The van der Waals surface area contributed by atoms with Crippen molar-refractivity contribution in [1.82, 2.24) is 0 Å². The minimum atomic E-state index is 0.537. The van der Waals surface area contributed by atoms with Gasteiger partial charge in [-0.1, -0.05) is 46.3 Å². The van der Waals surface area contributed by atoms with Gasteiger partial charge in [0.2, 0.25) is 0 Å². The van der Waals surface area contributed by atoms with Crippen molar-refractivity contribution in [3.8, 4) is 5.75 Å². The lowest BCUT2D eigenvalue weighted by Gasteiger charge is -2.15. The molecule has 1 unspecified atom stereocenters. The van der Waals surface area contributed by atoms with E-state index in [1.807, 2.05) is 0 Å². The number of alkyl halides is 1. The number of fused-ring (bicyclic) bond motifs is 1. The highest BCUT2D eigenvalue weighted by atomic mass is 79.9. The molecule has 3 rings (SSSR count). The highest BCUT2D eigenvalue weighted by Gasteiger charge is 2.17. The third kappa shape index (κ3) is 2.77. The average molecular weight is 321 g/mol. The van der Waals surface area contributed by atoms with Gasteiger partial charge in [-0.15, -0.1) is 0 Å². The number of hydrogen-bond acceptors (Lipinski definition) is 2. The van der Waals surface area contributed by atoms with Gasteiger partial charge in [-0.05, 0) is 23.3 Å². The Hall–Kier alpha value is -1.06. The van der Waals surface area contributed by atoms with Crippen LogP contribution in [0.2, 0.25) is 0 Å². The Labute approximate surface area is 121 Å². The quantitative estimate of drug-likeness (QED) is 0.788. The van der Waals surface area contributed by atoms with E-state index in [2.05, 4.69) is 52.3 Å². The van der Waals surface area contributed by atoms with Gasteiger partial charge in [0.25, 0.3) is 0 Å². The minimum Gasteiger partial charge on any atom is -0.493 e. The maximum Gasteiger partial charge on any atom is 0.123 e. The Morgan fingerprint density at radius 2 is 2.11 bits per heavy atom. The third-order valence-electron chi connectivity index (χ3n) is 3.63. The van der Waals surface area contributed by atoms with Crippen molar-refractivity contribution in [2.45, 2.75) is 11.8 Å². The first-order chi connectivity index (χ1) is 9.38. The van der Waals surface area contributed by atoms with Gasteiger partial charge in [0.05, 0.1) is 13.2 Å². The van der Waals surface area contributed by atoms with E-state index in [1.54, 1.807) is 0 Å². The molecule has 1 saturated heterocycles. The fourth-order valence-corrected chi connectivity index (χ4v) is 3.09. The van der Waals surface area contributed by atoms with Gasteiger partial charge in [-0.25, -0.2) is 0 Å². The smallest absolute Gasteiger partial charge is 0.123 e. The van der Waals surface area contributed by atoms with Crippen molar-refractivity contribution in [3.05, 3.63) is 42.0 Å². The molecule has 3 heteroatoms. The lowest BCUT2D eigenvalue weighted by molar-refractivity contribution is 0.167. The highest BCUT2D eigenvalue weighted by molar-refractivity contribution is 9.08. The molecule has 0 N–H and O–H groups in total. The van der Waals surface area contributed by atoms with E-state index in [0.717, 1.165) is 37.3 Å². The molecule has 2 aromatic rings. The summed E-state index contributed by atoms with van der Waals surface area (Å²) in [5, 5.41) is 3.33. The predicted octanol–water partition coefficient (Wildman–Crippen LogP) is 4.15. The zero-order chi connectivity index (χ0) is 13.1. The number of ether oxygens (including phenoxy) is 2. The molecule has 0 aromatic heterocycles. The van der Waals surface area contributed by atoms with Crippen LogP contribution in [0.5, 0.6) is 5.75 Å². The van der Waals surface area contributed by atoms with Crippen LogP contribution >= 0.6 is 15.9 Å². The Morgan fingerprint density at radius 1 is 1.21 bits per heavy atom. The molecule has 0 saturated carbocycles. The van der Waals surface area contributed by atoms with Crippen LogP contribution in [0.3, 0.4) is 0 Å². The summed E-state index contributed by atoms with van der Waals surface area (Å²) in [4.78, 5) is 0. The van der Waals surface area contributed by atoms with Crippen molar-refractivity contribution < 1.29 is 9.47 Å². The van der Waals surface area contributed by atoms with Crippen LogP contribution in [0.15, 0.2) is 36.4 Å². The summed E-state index contributed by atoms with van der Waals surface area (Å²) in [6.45, 7) is 2.45. The first-order valence-electron chi connectivity index (χ1n) is 6.65. The van der Waals surface area contributed by atoms with Crippen molar-refractivity contribution in [1.29, 1.82) is 0 Å². The van der Waals surface area contributed by atoms with Crippen LogP contribution < -0.4 is 4.74 Å². The van der Waals surface area contributed by atoms with Crippen LogP contribution in [0.4, 0.5) is 0 Å². The van der Waals surface area contributed by atoms with Gasteiger partial charge >= 0.3 is 0 Å². The van der Waals surface area contributed by atoms with Crippen LogP contribution in [0.25, 0.3) is 10.8 Å². The Kier molecular flexibility index (Phi) is 4.04. The van der Waals surface area contributed by atoms with Crippen LogP contribution in [-0.2, 0) is 10.1 Å². The van der Waals surface area contributed by atoms with Crippen LogP contribution in [-0.4, -0.2) is 19.8 Å². The van der Waals surface area contributed by atoms with Gasteiger partial charge in [-0.3, -0.25) is 0 Å². The second kappa shape index (κ2) is 5.93. The topological polar surface area (TPSA) is 18.5 Å². The van der Waals surface area contributed by atoms with Crippen LogP contribution in [0.1, 0.15) is 12.0 Å². The zero-order valence-electron chi connectivity index (χ0n) is 10.8. The molecule has 0 amide bonds. The van der Waals surface area contributed by atoms with E-state index in [0.29, 0.717) is 5.92 Å². The van der Waals surface area contributed by atoms with E-state index >= 15 is 0 Å². The maximum absolute atomic E-state index is 6.01. The molecule has 2 nitrogen and oxygen atoms in total. The van der Waals surface area contributed by atoms with E-state index in [4.69, 9.17) is 9.47 Å². The highest BCUT2D eigenvalue weighted by Crippen LogP contribution is 2.30. The van der Waals surface area contributed by atoms with Crippen molar-refractivity contribution in [3.63, 3.8) is 0 Å². The molecule has 19 heavy (non-hydrogen) atoms. The monoisotopic (exact) mass is 320 g/mol. The second-order valence-electron chi connectivity index (χ2n) is 4.94. The molecule has 0 spiro atoms. The number of benzene rings is 2. The molecule has 100 valence electrons. The fraction of sp³-hybridized carbons (Fsp3) is 0.375. The van der Waals surface area contributed by atoms with E-state index in [9.17, 15) is 0 Å². The number of halogens is 1. The minimum absolute atomic E-state index is 0.537. The van der Waals surface area contributed by atoms with E-state index in [1.165, 1.54) is 16.3 Å². The zero-order valence-corrected chi connectivity index (χ0v) is 12.4. The molecule has 0 radical (unpaired) electrons. The first-order valence-corrected chi connectivity index (χ1v) is 7.78. The van der Waals surface area contributed by atoms with E-state index in [-0.39, 0.29) is 0 Å². The molecule has 1 heterocycles. The van der Waals surface area contributed by atoms with Crippen LogP contribution in [0, 0.1) is 5.92 Å². The SMILES string of the molecule is BrCc1c(OCC2CCOC2)ccc2ccccc12. The summed E-state index contributed by atoms with van der Waals surface area (Å²) in [6, 6.07) is 12.6. The lowest BCUT2D eigenvalue weighted by Crippen LogP contribution is -2.12. The Balaban J connectivity index is 1.85. The lowest BCUT2D eigenvalue weighted by atomic mass is 10.0. The van der Waals surface area contributed by atoms with Crippen molar-refractivity contribution in [2.24, 2.45) is 5.92 Å². The molecule has 2 aromatic carbocycles.